The molecule has 0 saturated carbocycles. The van der Waals surface area contributed by atoms with Crippen LogP contribution < -0.4 is 10.6 Å². The number of aromatic nitrogens is 1. The van der Waals surface area contributed by atoms with E-state index in [9.17, 15) is 14.4 Å². The summed E-state index contributed by atoms with van der Waals surface area (Å²) in [5.74, 6) is -2.02. The van der Waals surface area contributed by atoms with Crippen LogP contribution in [0.2, 0.25) is 0 Å². The summed E-state index contributed by atoms with van der Waals surface area (Å²) in [7, 11) is 1.51. The van der Waals surface area contributed by atoms with Crippen molar-refractivity contribution in [3.8, 4) is 0 Å². The van der Waals surface area contributed by atoms with Crippen LogP contribution in [0.4, 0.5) is 0 Å². The quantitative estimate of drug-likeness (QED) is 0.567. The molecule has 1 heterocycles. The van der Waals surface area contributed by atoms with Crippen molar-refractivity contribution in [2.45, 2.75) is 0 Å². The average Bonchev–Trinajstić information content (AvgIpc) is 2.45. The minimum Gasteiger partial charge on any atom is -0.478 e. The number of amides is 2. The highest BCUT2D eigenvalue weighted by Gasteiger charge is 2.10. The number of rotatable bonds is 7. The number of carbonyl (C=O) groups excluding carboxylic acids is 2. The summed E-state index contributed by atoms with van der Waals surface area (Å²) in [4.78, 5) is 37.3. The van der Waals surface area contributed by atoms with Crippen molar-refractivity contribution < 1.29 is 24.2 Å². The van der Waals surface area contributed by atoms with E-state index in [1.54, 1.807) is 0 Å². The number of hydrogen-bond acceptors (Lipinski definition) is 5. The Morgan fingerprint density at radius 3 is 2.60 bits per heavy atom. The van der Waals surface area contributed by atoms with Crippen LogP contribution in [0.1, 0.15) is 20.8 Å². The van der Waals surface area contributed by atoms with E-state index in [1.807, 2.05) is 0 Å². The van der Waals surface area contributed by atoms with E-state index in [4.69, 9.17) is 9.84 Å². The third kappa shape index (κ3) is 5.02. The summed E-state index contributed by atoms with van der Waals surface area (Å²) in [6.07, 6.45) is 1.08. The molecule has 1 aromatic heterocycles. The molecule has 0 aromatic carbocycles. The molecule has 1 aromatic rings. The highest BCUT2D eigenvalue weighted by Crippen LogP contribution is 2.00. The summed E-state index contributed by atoms with van der Waals surface area (Å²) in [6, 6.07) is 2.55. The summed E-state index contributed by atoms with van der Waals surface area (Å²) in [5, 5.41) is 13.6. The molecule has 0 spiro atoms. The molecule has 8 heteroatoms. The Labute approximate surface area is 115 Å². The van der Waals surface area contributed by atoms with E-state index >= 15 is 0 Å². The fraction of sp³-hybridized carbons (Fsp3) is 0.333. The average molecular weight is 281 g/mol. The van der Waals surface area contributed by atoms with Gasteiger partial charge in [-0.05, 0) is 12.1 Å². The molecule has 0 unspecified atom stereocenters. The molecule has 108 valence electrons. The molecule has 0 radical (unpaired) electrons. The SMILES string of the molecule is COCCNC(=O)CNC(=O)c1ccc(C(=O)O)cn1. The van der Waals surface area contributed by atoms with Crippen molar-refractivity contribution in [1.82, 2.24) is 15.6 Å². The second-order valence-electron chi connectivity index (χ2n) is 3.76. The van der Waals surface area contributed by atoms with Crippen molar-refractivity contribution in [3.05, 3.63) is 29.6 Å². The second kappa shape index (κ2) is 7.85. The second-order valence-corrected chi connectivity index (χ2v) is 3.76. The standard InChI is InChI=1S/C12H15N3O5/c1-20-5-4-13-10(16)7-15-11(17)9-3-2-8(6-14-9)12(18)19/h2-3,6H,4-5,7H2,1H3,(H,13,16)(H,15,17)(H,18,19). The molecule has 0 atom stereocenters. The molecule has 2 amide bonds. The monoisotopic (exact) mass is 281 g/mol. The number of nitrogens with one attached hydrogen (secondary N) is 2. The Morgan fingerprint density at radius 1 is 1.30 bits per heavy atom. The van der Waals surface area contributed by atoms with Gasteiger partial charge in [0.2, 0.25) is 5.91 Å². The van der Waals surface area contributed by atoms with Crippen molar-refractivity contribution in [3.63, 3.8) is 0 Å². The first-order chi connectivity index (χ1) is 9.54. The highest BCUT2D eigenvalue weighted by atomic mass is 16.5. The van der Waals surface area contributed by atoms with Gasteiger partial charge in [0.1, 0.15) is 5.69 Å². The van der Waals surface area contributed by atoms with E-state index in [2.05, 4.69) is 15.6 Å². The van der Waals surface area contributed by atoms with Gasteiger partial charge in [0.05, 0.1) is 18.7 Å². The van der Waals surface area contributed by atoms with Crippen LogP contribution in [0.25, 0.3) is 0 Å². The Kier molecular flexibility index (Phi) is 6.11. The van der Waals surface area contributed by atoms with Crippen molar-refractivity contribution in [2.24, 2.45) is 0 Å². The zero-order valence-corrected chi connectivity index (χ0v) is 10.9. The molecule has 3 N–H and O–H groups in total. The van der Waals surface area contributed by atoms with Crippen LogP contribution in [0, 0.1) is 0 Å². The van der Waals surface area contributed by atoms with Crippen LogP contribution in [0.5, 0.6) is 0 Å². The predicted octanol–water partition coefficient (Wildman–Crippen LogP) is -0.728. The van der Waals surface area contributed by atoms with Gasteiger partial charge in [0, 0.05) is 19.9 Å². The van der Waals surface area contributed by atoms with E-state index in [0.717, 1.165) is 6.20 Å². The lowest BCUT2D eigenvalue weighted by atomic mass is 10.2. The molecule has 8 nitrogen and oxygen atoms in total. The number of carboxylic acids is 1. The van der Waals surface area contributed by atoms with Gasteiger partial charge in [-0.1, -0.05) is 0 Å². The number of carbonyl (C=O) groups is 3. The van der Waals surface area contributed by atoms with Crippen LogP contribution in [-0.4, -0.2) is 54.7 Å². The molecule has 0 bridgehead atoms. The Bertz CT molecular complexity index is 486. The Morgan fingerprint density at radius 2 is 2.05 bits per heavy atom. The third-order valence-corrected chi connectivity index (χ3v) is 2.28. The van der Waals surface area contributed by atoms with Crippen molar-refractivity contribution >= 4 is 17.8 Å². The largest absolute Gasteiger partial charge is 0.478 e. The van der Waals surface area contributed by atoms with Crippen molar-refractivity contribution in [1.29, 1.82) is 0 Å². The van der Waals surface area contributed by atoms with Gasteiger partial charge in [0.15, 0.2) is 0 Å². The number of ether oxygens (including phenoxy) is 1. The molecule has 20 heavy (non-hydrogen) atoms. The fourth-order valence-electron chi connectivity index (χ4n) is 1.26. The normalized spacial score (nSPS) is 9.85. The number of nitrogens with zero attached hydrogens (tertiary/aromatic N) is 1. The van der Waals surface area contributed by atoms with Gasteiger partial charge in [-0.15, -0.1) is 0 Å². The Balaban J connectivity index is 2.42. The molecule has 0 aliphatic carbocycles. The molecule has 0 saturated heterocycles. The van der Waals surface area contributed by atoms with Gasteiger partial charge in [0.25, 0.3) is 5.91 Å². The van der Waals surface area contributed by atoms with Crippen molar-refractivity contribution in [2.75, 3.05) is 26.8 Å². The van der Waals surface area contributed by atoms with E-state index in [1.165, 1.54) is 19.2 Å². The maximum atomic E-state index is 11.6. The maximum Gasteiger partial charge on any atom is 0.337 e. The lowest BCUT2D eigenvalue weighted by Gasteiger charge is -2.06. The van der Waals surface area contributed by atoms with Crippen LogP contribution in [0.15, 0.2) is 18.3 Å². The van der Waals surface area contributed by atoms with E-state index in [-0.39, 0.29) is 23.7 Å². The first-order valence-corrected chi connectivity index (χ1v) is 5.77. The third-order valence-electron chi connectivity index (χ3n) is 2.28. The van der Waals surface area contributed by atoms with Crippen LogP contribution in [-0.2, 0) is 9.53 Å². The van der Waals surface area contributed by atoms with Crippen LogP contribution in [0.3, 0.4) is 0 Å². The summed E-state index contributed by atoms with van der Waals surface area (Å²) in [5.41, 5.74) is 0.0264. The fourth-order valence-corrected chi connectivity index (χ4v) is 1.26. The summed E-state index contributed by atoms with van der Waals surface area (Å²) < 4.78 is 4.76. The van der Waals surface area contributed by atoms with Crippen LogP contribution >= 0.6 is 0 Å². The van der Waals surface area contributed by atoms with Gasteiger partial charge in [-0.3, -0.25) is 14.6 Å². The first kappa shape index (κ1) is 15.6. The van der Waals surface area contributed by atoms with E-state index in [0.29, 0.717) is 13.2 Å². The summed E-state index contributed by atoms with van der Waals surface area (Å²) >= 11 is 0. The number of methoxy groups -OCH3 is 1. The predicted molar refractivity (Wildman–Crippen MR) is 68.4 cm³/mol. The number of hydrogen-bond donors (Lipinski definition) is 3. The van der Waals surface area contributed by atoms with Gasteiger partial charge in [-0.25, -0.2) is 4.79 Å². The zero-order chi connectivity index (χ0) is 15.0. The lowest BCUT2D eigenvalue weighted by molar-refractivity contribution is -0.120. The first-order valence-electron chi connectivity index (χ1n) is 5.77. The zero-order valence-electron chi connectivity index (χ0n) is 10.9. The lowest BCUT2D eigenvalue weighted by Crippen LogP contribution is -2.38. The molecule has 1 rings (SSSR count). The van der Waals surface area contributed by atoms with E-state index < -0.39 is 11.9 Å². The number of carboxylic acid groups (broad SMARTS) is 1. The smallest absolute Gasteiger partial charge is 0.337 e. The van der Waals surface area contributed by atoms with Gasteiger partial charge < -0.3 is 20.5 Å². The van der Waals surface area contributed by atoms with Gasteiger partial charge in [-0.2, -0.15) is 0 Å². The molecule has 0 fully saturated rings. The Hall–Kier alpha value is -2.48. The summed E-state index contributed by atoms with van der Waals surface area (Å²) in [6.45, 7) is 0.555. The molecular formula is C12H15N3O5. The molecule has 0 aliphatic rings. The van der Waals surface area contributed by atoms with Gasteiger partial charge >= 0.3 is 5.97 Å². The topological polar surface area (TPSA) is 118 Å². The number of aromatic carboxylic acids is 1. The number of pyridine rings is 1. The minimum atomic E-state index is -1.12. The minimum absolute atomic E-state index is 0.0149. The maximum absolute atomic E-state index is 11.6. The molecular weight excluding hydrogens is 266 g/mol. The highest BCUT2D eigenvalue weighted by molar-refractivity contribution is 5.95. The molecule has 0 aliphatic heterocycles.